The van der Waals surface area contributed by atoms with Crippen molar-refractivity contribution >= 4 is 9.47 Å². The van der Waals surface area contributed by atoms with Gasteiger partial charge in [-0.1, -0.05) is 0 Å². The van der Waals surface area contributed by atoms with Gasteiger partial charge in [0.05, 0.1) is 19.3 Å². The molecule has 2 aliphatic rings. The van der Waals surface area contributed by atoms with Gasteiger partial charge in [0.1, 0.15) is 17.8 Å². The van der Waals surface area contributed by atoms with Crippen molar-refractivity contribution in [2.24, 2.45) is 0 Å². The van der Waals surface area contributed by atoms with E-state index in [4.69, 9.17) is 19.1 Å². The summed E-state index contributed by atoms with van der Waals surface area (Å²) in [5, 5.41) is 9.17. The first-order valence-corrected chi connectivity index (χ1v) is 4.46. The summed E-state index contributed by atoms with van der Waals surface area (Å²) in [5.74, 6) is 0. The van der Waals surface area contributed by atoms with Gasteiger partial charge in [-0.2, -0.15) is 0 Å². The smallest absolute Gasteiger partial charge is 0.144 e. The van der Waals surface area contributed by atoms with E-state index in [0.717, 1.165) is 0 Å². The molecular formula is C7H13O4P. The maximum Gasteiger partial charge on any atom is 0.144 e. The predicted molar refractivity (Wildman–Crippen MR) is 44.7 cm³/mol. The molecule has 2 aliphatic heterocycles. The van der Waals surface area contributed by atoms with Crippen LogP contribution in [0.5, 0.6) is 0 Å². The van der Waals surface area contributed by atoms with Crippen molar-refractivity contribution in [2.75, 3.05) is 13.2 Å². The highest BCUT2D eigenvalue weighted by Gasteiger charge is 2.60. The van der Waals surface area contributed by atoms with Crippen molar-refractivity contribution in [1.82, 2.24) is 0 Å². The Morgan fingerprint density at radius 2 is 2.50 bits per heavy atom. The van der Waals surface area contributed by atoms with Crippen LogP contribution in [0.1, 0.15) is 6.92 Å². The molecule has 5 heteroatoms. The highest BCUT2D eigenvalue weighted by atomic mass is 31.0. The van der Waals surface area contributed by atoms with Gasteiger partial charge in [-0.05, 0) is 6.92 Å². The Hall–Kier alpha value is 0.270. The van der Waals surface area contributed by atoms with Crippen LogP contribution in [0.4, 0.5) is 0 Å². The minimum absolute atomic E-state index is 0.0106. The van der Waals surface area contributed by atoms with Crippen molar-refractivity contribution in [3.05, 3.63) is 0 Å². The first-order valence-electron chi connectivity index (χ1n) is 3.99. The number of hydrogen-bond acceptors (Lipinski definition) is 4. The van der Waals surface area contributed by atoms with Gasteiger partial charge in [0.2, 0.25) is 0 Å². The topological polar surface area (TPSA) is 47.9 Å². The average molecular weight is 192 g/mol. The molecule has 0 radical (unpaired) electrons. The molecule has 0 aromatic carbocycles. The van der Waals surface area contributed by atoms with Gasteiger partial charge in [-0.15, -0.1) is 0 Å². The highest BCUT2D eigenvalue weighted by Crippen LogP contribution is 2.42. The molecule has 12 heavy (non-hydrogen) atoms. The van der Waals surface area contributed by atoms with Crippen molar-refractivity contribution < 1.29 is 19.1 Å². The number of fused-ring (bicyclic) bond motifs is 2. The lowest BCUT2D eigenvalue weighted by Gasteiger charge is -2.27. The maximum absolute atomic E-state index is 9.17. The van der Waals surface area contributed by atoms with Crippen LogP contribution in [-0.2, 0) is 14.0 Å². The molecule has 70 valence electrons. The molecular weight excluding hydrogens is 179 g/mol. The van der Waals surface area contributed by atoms with Crippen molar-refractivity contribution in [2.45, 2.75) is 30.8 Å². The second-order valence-electron chi connectivity index (χ2n) is 3.38. The lowest BCUT2D eigenvalue weighted by atomic mass is 10.0. The normalized spacial score (nSPS) is 51.8. The monoisotopic (exact) mass is 192 g/mol. The van der Waals surface area contributed by atoms with Crippen LogP contribution in [0.3, 0.4) is 0 Å². The fraction of sp³-hybridized carbons (Fsp3) is 1.00. The van der Waals surface area contributed by atoms with E-state index in [9.17, 15) is 0 Å². The summed E-state index contributed by atoms with van der Waals surface area (Å²) in [5.41, 5.74) is -0.619. The number of rotatable bonds is 2. The van der Waals surface area contributed by atoms with Crippen LogP contribution >= 0.6 is 9.47 Å². The van der Waals surface area contributed by atoms with E-state index in [-0.39, 0.29) is 24.9 Å². The maximum atomic E-state index is 9.17. The van der Waals surface area contributed by atoms with E-state index < -0.39 is 5.60 Å². The van der Waals surface area contributed by atoms with Gasteiger partial charge in [0.25, 0.3) is 0 Å². The molecule has 0 aliphatic carbocycles. The summed E-state index contributed by atoms with van der Waals surface area (Å²) in [4.78, 5) is 0. The van der Waals surface area contributed by atoms with Gasteiger partial charge < -0.3 is 19.1 Å². The van der Waals surface area contributed by atoms with Crippen molar-refractivity contribution in [3.8, 4) is 0 Å². The first kappa shape index (κ1) is 8.85. The third kappa shape index (κ3) is 0.963. The summed E-state index contributed by atoms with van der Waals surface area (Å²) in [6.07, 6.45) is -0.173. The van der Waals surface area contributed by atoms with Gasteiger partial charge >= 0.3 is 0 Å². The molecule has 2 bridgehead atoms. The number of aliphatic hydroxyl groups excluding tert-OH is 1. The Bertz CT molecular complexity index is 188. The molecule has 5 atom stereocenters. The zero-order valence-corrected chi connectivity index (χ0v) is 8.05. The van der Waals surface area contributed by atoms with Gasteiger partial charge in [0, 0.05) is 9.47 Å². The van der Waals surface area contributed by atoms with Crippen molar-refractivity contribution in [1.29, 1.82) is 0 Å². The zero-order valence-electron chi connectivity index (χ0n) is 6.90. The molecule has 0 aromatic heterocycles. The summed E-state index contributed by atoms with van der Waals surface area (Å²) in [7, 11) is 2.20. The van der Waals surface area contributed by atoms with Crippen LogP contribution in [0.2, 0.25) is 0 Å². The lowest BCUT2D eigenvalue weighted by molar-refractivity contribution is -0.153. The summed E-state index contributed by atoms with van der Waals surface area (Å²) >= 11 is 0. The van der Waals surface area contributed by atoms with Crippen LogP contribution < -0.4 is 0 Å². The van der Waals surface area contributed by atoms with Crippen LogP contribution in [0, 0.1) is 0 Å². The van der Waals surface area contributed by atoms with Gasteiger partial charge in [-0.25, -0.2) is 0 Å². The Labute approximate surface area is 73.5 Å². The molecule has 1 N–H and O–H groups in total. The molecule has 2 rings (SSSR count). The van der Waals surface area contributed by atoms with Crippen LogP contribution in [-0.4, -0.2) is 42.2 Å². The molecule has 2 fully saturated rings. The standard InChI is InChI=1S/C7H13O4P/c1-4-5-6(11-12)7(2-8,10-4)3-9-5/h4-6,8H,2-3,12H2,1H3/t4?,5-,6+,7?/m0/s1. The predicted octanol–water partition coefficient (Wildman–Crippen LogP) is -0.290. The van der Waals surface area contributed by atoms with E-state index in [1.165, 1.54) is 0 Å². The van der Waals surface area contributed by atoms with E-state index in [1.54, 1.807) is 0 Å². The van der Waals surface area contributed by atoms with Gasteiger partial charge in [-0.3, -0.25) is 0 Å². The van der Waals surface area contributed by atoms with E-state index in [2.05, 4.69) is 9.47 Å². The Kier molecular flexibility index (Phi) is 2.13. The third-order valence-electron chi connectivity index (χ3n) is 2.63. The molecule has 0 amide bonds. The number of ether oxygens (including phenoxy) is 2. The lowest BCUT2D eigenvalue weighted by Crippen LogP contribution is -2.44. The van der Waals surface area contributed by atoms with E-state index in [1.807, 2.05) is 6.92 Å². The van der Waals surface area contributed by atoms with Gasteiger partial charge in [0.15, 0.2) is 0 Å². The second-order valence-corrected chi connectivity index (χ2v) is 3.65. The minimum atomic E-state index is -0.619. The highest BCUT2D eigenvalue weighted by molar-refractivity contribution is 7.09. The van der Waals surface area contributed by atoms with Crippen LogP contribution in [0.15, 0.2) is 0 Å². The first-order chi connectivity index (χ1) is 5.73. The minimum Gasteiger partial charge on any atom is -0.393 e. The van der Waals surface area contributed by atoms with Crippen molar-refractivity contribution in [3.63, 3.8) is 0 Å². The Morgan fingerprint density at radius 1 is 1.75 bits per heavy atom. The summed E-state index contributed by atoms with van der Waals surface area (Å²) in [6, 6.07) is 0. The fourth-order valence-corrected chi connectivity index (χ4v) is 2.40. The molecule has 2 saturated heterocycles. The summed E-state index contributed by atoms with van der Waals surface area (Å²) in [6.45, 7) is 2.31. The molecule has 0 spiro atoms. The van der Waals surface area contributed by atoms with E-state index in [0.29, 0.717) is 6.61 Å². The molecule has 0 aromatic rings. The van der Waals surface area contributed by atoms with Crippen LogP contribution in [0.25, 0.3) is 0 Å². The SMILES string of the molecule is CC1OC2(CO)CO[C@@H]1[C@H]2OP. The quantitative estimate of drug-likeness (QED) is 0.611. The zero-order chi connectivity index (χ0) is 8.77. The molecule has 0 saturated carbocycles. The molecule has 4 nitrogen and oxygen atoms in total. The summed E-state index contributed by atoms with van der Waals surface area (Å²) < 4.78 is 16.2. The Morgan fingerprint density at radius 3 is 2.92 bits per heavy atom. The third-order valence-corrected chi connectivity index (χ3v) is 2.93. The molecule has 3 unspecified atom stereocenters. The Balaban J connectivity index is 2.23. The number of aliphatic hydroxyl groups is 1. The largest absolute Gasteiger partial charge is 0.393 e. The number of hydrogen-bond donors (Lipinski definition) is 1. The molecule has 2 heterocycles. The van der Waals surface area contributed by atoms with E-state index >= 15 is 0 Å². The second kappa shape index (κ2) is 2.89. The fourth-order valence-electron chi connectivity index (χ4n) is 2.00. The average Bonchev–Trinajstić information content (AvgIpc) is 2.56.